The summed E-state index contributed by atoms with van der Waals surface area (Å²) in [5, 5.41) is 13.1. The van der Waals surface area contributed by atoms with Gasteiger partial charge in [-0.1, -0.05) is 37.3 Å². The van der Waals surface area contributed by atoms with E-state index in [4.69, 9.17) is 4.74 Å². The number of hydrogen-bond donors (Lipinski definition) is 2. The third-order valence-electron chi connectivity index (χ3n) is 3.46. The molecule has 2 N–H and O–H groups in total. The lowest BCUT2D eigenvalue weighted by atomic mass is 10.0. The molecule has 2 aromatic carbocycles. The highest BCUT2D eigenvalue weighted by Gasteiger charge is 2.08. The van der Waals surface area contributed by atoms with Crippen molar-refractivity contribution in [2.24, 2.45) is 0 Å². The third kappa shape index (κ3) is 5.47. The molecule has 0 saturated heterocycles. The first kappa shape index (κ1) is 16.5. The van der Waals surface area contributed by atoms with Crippen LogP contribution < -0.4 is 10.1 Å². The van der Waals surface area contributed by atoms with Crippen molar-refractivity contribution < 1.29 is 14.2 Å². The lowest BCUT2D eigenvalue weighted by Crippen LogP contribution is -2.33. The number of nitrogens with one attached hydrogen (secondary N) is 1. The van der Waals surface area contributed by atoms with E-state index < -0.39 is 6.10 Å². The van der Waals surface area contributed by atoms with Crippen molar-refractivity contribution in [3.63, 3.8) is 0 Å². The highest BCUT2D eigenvalue weighted by Crippen LogP contribution is 2.13. The van der Waals surface area contributed by atoms with Crippen LogP contribution in [0.25, 0.3) is 0 Å². The Balaban J connectivity index is 1.65. The van der Waals surface area contributed by atoms with Gasteiger partial charge in [-0.15, -0.1) is 0 Å². The molecule has 0 aliphatic heterocycles. The molecular formula is C18H22FNO2. The van der Waals surface area contributed by atoms with Crippen LogP contribution in [0, 0.1) is 5.82 Å². The van der Waals surface area contributed by atoms with Gasteiger partial charge >= 0.3 is 0 Å². The SMILES string of the molecule is CC(CNCC(O)COc1ccc(F)cc1)c1ccccc1. The minimum atomic E-state index is -0.604. The summed E-state index contributed by atoms with van der Waals surface area (Å²) >= 11 is 0. The fourth-order valence-corrected chi connectivity index (χ4v) is 2.15. The number of aliphatic hydroxyl groups is 1. The molecule has 0 bridgehead atoms. The Hall–Kier alpha value is -1.91. The molecule has 2 atom stereocenters. The van der Waals surface area contributed by atoms with Gasteiger partial charge in [0.05, 0.1) is 0 Å². The van der Waals surface area contributed by atoms with Gasteiger partial charge in [-0.3, -0.25) is 0 Å². The van der Waals surface area contributed by atoms with Crippen molar-refractivity contribution in [2.45, 2.75) is 18.9 Å². The van der Waals surface area contributed by atoms with Crippen LogP contribution in [0.4, 0.5) is 4.39 Å². The normalized spacial score (nSPS) is 13.6. The molecule has 0 aliphatic rings. The first-order chi connectivity index (χ1) is 10.6. The topological polar surface area (TPSA) is 41.5 Å². The molecule has 0 aromatic heterocycles. The fraction of sp³-hybridized carbons (Fsp3) is 0.333. The quantitative estimate of drug-likeness (QED) is 0.788. The van der Waals surface area contributed by atoms with Crippen LogP contribution in [-0.4, -0.2) is 30.9 Å². The summed E-state index contributed by atoms with van der Waals surface area (Å²) in [4.78, 5) is 0. The minimum absolute atomic E-state index is 0.179. The standard InChI is InChI=1S/C18H22FNO2/c1-14(15-5-3-2-4-6-15)11-20-12-17(21)13-22-18-9-7-16(19)8-10-18/h2-10,14,17,20-21H,11-13H2,1H3. The molecule has 22 heavy (non-hydrogen) atoms. The molecule has 3 nitrogen and oxygen atoms in total. The minimum Gasteiger partial charge on any atom is -0.491 e. The zero-order valence-corrected chi connectivity index (χ0v) is 12.7. The maximum Gasteiger partial charge on any atom is 0.123 e. The second-order valence-corrected chi connectivity index (χ2v) is 5.39. The molecule has 2 rings (SSSR count). The average molecular weight is 303 g/mol. The predicted octanol–water partition coefficient (Wildman–Crippen LogP) is 2.96. The van der Waals surface area contributed by atoms with E-state index in [1.165, 1.54) is 17.7 Å². The summed E-state index contributed by atoms with van der Waals surface area (Å²) in [6.07, 6.45) is -0.604. The number of halogens is 1. The lowest BCUT2D eigenvalue weighted by molar-refractivity contribution is 0.106. The smallest absolute Gasteiger partial charge is 0.123 e. The molecule has 0 saturated carbocycles. The maximum absolute atomic E-state index is 12.8. The van der Waals surface area contributed by atoms with Gasteiger partial charge in [0, 0.05) is 13.1 Å². The van der Waals surface area contributed by atoms with Crippen LogP contribution >= 0.6 is 0 Å². The molecule has 0 amide bonds. The first-order valence-electron chi connectivity index (χ1n) is 7.47. The second kappa shape index (κ2) is 8.51. The van der Waals surface area contributed by atoms with Crippen molar-refractivity contribution >= 4 is 0 Å². The Bertz CT molecular complexity index is 545. The average Bonchev–Trinajstić information content (AvgIpc) is 2.55. The van der Waals surface area contributed by atoms with Crippen LogP contribution in [0.15, 0.2) is 54.6 Å². The van der Waals surface area contributed by atoms with Crippen molar-refractivity contribution in [1.29, 1.82) is 0 Å². The van der Waals surface area contributed by atoms with Crippen LogP contribution in [0.1, 0.15) is 18.4 Å². The molecular weight excluding hydrogens is 281 g/mol. The summed E-state index contributed by atoms with van der Waals surface area (Å²) in [7, 11) is 0. The number of aliphatic hydroxyl groups excluding tert-OH is 1. The molecule has 2 unspecified atom stereocenters. The van der Waals surface area contributed by atoms with Gasteiger partial charge in [0.2, 0.25) is 0 Å². The largest absolute Gasteiger partial charge is 0.491 e. The predicted molar refractivity (Wildman–Crippen MR) is 85.6 cm³/mol. The molecule has 0 radical (unpaired) electrons. The number of ether oxygens (including phenoxy) is 1. The Morgan fingerprint density at radius 3 is 2.41 bits per heavy atom. The first-order valence-corrected chi connectivity index (χ1v) is 7.47. The van der Waals surface area contributed by atoms with Gasteiger partial charge in [-0.25, -0.2) is 4.39 Å². The summed E-state index contributed by atoms with van der Waals surface area (Å²) < 4.78 is 18.2. The highest BCUT2D eigenvalue weighted by atomic mass is 19.1. The molecule has 4 heteroatoms. The van der Waals surface area contributed by atoms with E-state index in [0.717, 1.165) is 6.54 Å². The van der Waals surface area contributed by atoms with E-state index in [-0.39, 0.29) is 12.4 Å². The molecule has 0 aliphatic carbocycles. The third-order valence-corrected chi connectivity index (χ3v) is 3.46. The van der Waals surface area contributed by atoms with Gasteiger partial charge < -0.3 is 15.2 Å². The summed E-state index contributed by atoms with van der Waals surface area (Å²) in [5.74, 6) is 0.633. The Labute approximate surface area is 130 Å². The Morgan fingerprint density at radius 2 is 1.73 bits per heavy atom. The molecule has 0 fully saturated rings. The number of hydrogen-bond acceptors (Lipinski definition) is 3. The van der Waals surface area contributed by atoms with E-state index in [2.05, 4.69) is 24.4 Å². The Kier molecular flexibility index (Phi) is 6.37. The number of benzene rings is 2. The monoisotopic (exact) mass is 303 g/mol. The van der Waals surface area contributed by atoms with Crippen molar-refractivity contribution in [3.8, 4) is 5.75 Å². The Morgan fingerprint density at radius 1 is 1.05 bits per heavy atom. The lowest BCUT2D eigenvalue weighted by Gasteiger charge is -2.16. The maximum atomic E-state index is 12.8. The van der Waals surface area contributed by atoms with E-state index in [9.17, 15) is 9.50 Å². The number of rotatable bonds is 8. The van der Waals surface area contributed by atoms with E-state index >= 15 is 0 Å². The van der Waals surface area contributed by atoms with E-state index in [1.54, 1.807) is 12.1 Å². The van der Waals surface area contributed by atoms with Crippen molar-refractivity contribution in [2.75, 3.05) is 19.7 Å². The summed E-state index contributed by atoms with van der Waals surface area (Å²) in [6, 6.07) is 16.0. The highest BCUT2D eigenvalue weighted by molar-refractivity contribution is 5.22. The molecule has 118 valence electrons. The zero-order chi connectivity index (χ0) is 15.8. The van der Waals surface area contributed by atoms with Crippen LogP contribution in [0.5, 0.6) is 5.75 Å². The molecule has 0 heterocycles. The second-order valence-electron chi connectivity index (χ2n) is 5.39. The van der Waals surface area contributed by atoms with Crippen LogP contribution in [0.3, 0.4) is 0 Å². The van der Waals surface area contributed by atoms with Crippen LogP contribution in [0.2, 0.25) is 0 Å². The molecule has 2 aromatic rings. The fourth-order valence-electron chi connectivity index (χ4n) is 2.15. The summed E-state index contributed by atoms with van der Waals surface area (Å²) in [5.41, 5.74) is 1.27. The van der Waals surface area contributed by atoms with Gasteiger partial charge in [-0.05, 0) is 35.7 Å². The summed E-state index contributed by atoms with van der Waals surface area (Å²) in [6.45, 7) is 3.57. The van der Waals surface area contributed by atoms with Gasteiger partial charge in [0.1, 0.15) is 24.3 Å². The van der Waals surface area contributed by atoms with E-state index in [1.807, 2.05) is 18.2 Å². The van der Waals surface area contributed by atoms with Gasteiger partial charge in [-0.2, -0.15) is 0 Å². The van der Waals surface area contributed by atoms with E-state index in [0.29, 0.717) is 18.2 Å². The van der Waals surface area contributed by atoms with Gasteiger partial charge in [0.15, 0.2) is 0 Å². The zero-order valence-electron chi connectivity index (χ0n) is 12.7. The molecule has 0 spiro atoms. The van der Waals surface area contributed by atoms with Gasteiger partial charge in [0.25, 0.3) is 0 Å². The van der Waals surface area contributed by atoms with Crippen molar-refractivity contribution in [3.05, 3.63) is 66.0 Å². The van der Waals surface area contributed by atoms with Crippen molar-refractivity contribution in [1.82, 2.24) is 5.32 Å². The van der Waals surface area contributed by atoms with Crippen LogP contribution in [-0.2, 0) is 0 Å².